The Hall–Kier alpha value is -1.70. The van der Waals surface area contributed by atoms with Crippen molar-refractivity contribution in [2.45, 2.75) is 36.6 Å². The number of piperidine rings is 1. The van der Waals surface area contributed by atoms with Crippen LogP contribution in [-0.4, -0.2) is 43.2 Å². The number of amides is 1. The zero-order chi connectivity index (χ0) is 18.9. The maximum absolute atomic E-state index is 13.1. The molecule has 0 bridgehead atoms. The molecule has 2 fully saturated rings. The number of carbonyl (C=O) groups is 1. The molecule has 5 nitrogen and oxygen atoms in total. The summed E-state index contributed by atoms with van der Waals surface area (Å²) in [5.74, 6) is 0.121. The molecular formula is C20H24N2O3S2. The Morgan fingerprint density at radius 1 is 0.963 bits per heavy atom. The Bertz CT molecular complexity index is 873. The number of sulfonamides is 1. The molecule has 0 saturated carbocycles. The minimum Gasteiger partial charge on any atom is -0.335 e. The molecule has 0 aliphatic carbocycles. The van der Waals surface area contributed by atoms with Crippen molar-refractivity contribution in [2.24, 2.45) is 5.92 Å². The molecular weight excluding hydrogens is 380 g/mol. The van der Waals surface area contributed by atoms with Crippen LogP contribution >= 0.6 is 11.3 Å². The van der Waals surface area contributed by atoms with Crippen molar-refractivity contribution in [3.05, 3.63) is 52.7 Å². The fourth-order valence-electron chi connectivity index (χ4n) is 4.13. The smallest absolute Gasteiger partial charge is 0.243 e. The normalized spacial score (nSPS) is 22.2. The summed E-state index contributed by atoms with van der Waals surface area (Å²) in [6.07, 6.45) is 3.25. The van der Waals surface area contributed by atoms with Crippen molar-refractivity contribution >= 4 is 27.3 Å². The van der Waals surface area contributed by atoms with E-state index in [0.29, 0.717) is 30.8 Å². The standard InChI is InChI=1S/C20H24N2O3S2/c23-20(22-12-4-8-18(22)19-9-5-15-26-19)16-10-13-21(14-11-16)27(24,25)17-6-2-1-3-7-17/h1-3,5-7,9,15-16,18H,4,8,10-14H2/t18-/m1/s1. The molecule has 0 N–H and O–H groups in total. The molecule has 2 saturated heterocycles. The number of carbonyl (C=O) groups excluding carboxylic acids is 1. The van der Waals surface area contributed by atoms with Crippen LogP contribution in [0.2, 0.25) is 0 Å². The molecule has 4 rings (SSSR count). The Balaban J connectivity index is 1.41. The van der Waals surface area contributed by atoms with Gasteiger partial charge in [0.15, 0.2) is 0 Å². The molecule has 7 heteroatoms. The third-order valence-electron chi connectivity index (χ3n) is 5.59. The Labute approximate surface area is 164 Å². The predicted octanol–water partition coefficient (Wildman–Crippen LogP) is 3.51. The Kier molecular flexibility index (Phi) is 5.34. The van der Waals surface area contributed by atoms with Gasteiger partial charge in [0, 0.05) is 30.4 Å². The van der Waals surface area contributed by atoms with E-state index in [4.69, 9.17) is 0 Å². The fourth-order valence-corrected chi connectivity index (χ4v) is 6.49. The van der Waals surface area contributed by atoms with Gasteiger partial charge in [-0.15, -0.1) is 11.3 Å². The highest BCUT2D eigenvalue weighted by Gasteiger charge is 2.37. The first kappa shape index (κ1) is 18.7. The molecule has 1 amide bonds. The summed E-state index contributed by atoms with van der Waals surface area (Å²) >= 11 is 1.71. The first-order valence-electron chi connectivity index (χ1n) is 9.46. The van der Waals surface area contributed by atoms with Gasteiger partial charge in [-0.05, 0) is 49.3 Å². The molecule has 1 aromatic carbocycles. The zero-order valence-electron chi connectivity index (χ0n) is 15.2. The summed E-state index contributed by atoms with van der Waals surface area (Å²) < 4.78 is 27.0. The molecule has 27 heavy (non-hydrogen) atoms. The minimum atomic E-state index is -3.47. The van der Waals surface area contributed by atoms with Crippen molar-refractivity contribution in [1.29, 1.82) is 0 Å². The number of rotatable bonds is 4. The van der Waals surface area contributed by atoms with E-state index < -0.39 is 10.0 Å². The number of hydrogen-bond donors (Lipinski definition) is 0. The largest absolute Gasteiger partial charge is 0.335 e. The number of thiophene rings is 1. The molecule has 2 aliphatic rings. The maximum atomic E-state index is 13.1. The average molecular weight is 405 g/mol. The van der Waals surface area contributed by atoms with Crippen molar-refractivity contribution in [3.63, 3.8) is 0 Å². The Morgan fingerprint density at radius 3 is 2.37 bits per heavy atom. The summed E-state index contributed by atoms with van der Waals surface area (Å²) in [5, 5.41) is 2.06. The quantitative estimate of drug-likeness (QED) is 0.784. The highest BCUT2D eigenvalue weighted by atomic mass is 32.2. The second kappa shape index (κ2) is 7.73. The fraction of sp³-hybridized carbons (Fsp3) is 0.450. The van der Waals surface area contributed by atoms with Gasteiger partial charge in [0.05, 0.1) is 10.9 Å². The average Bonchev–Trinajstić information content (AvgIpc) is 3.39. The third kappa shape index (κ3) is 3.68. The van der Waals surface area contributed by atoms with Crippen molar-refractivity contribution in [2.75, 3.05) is 19.6 Å². The summed E-state index contributed by atoms with van der Waals surface area (Å²) in [4.78, 5) is 16.7. The van der Waals surface area contributed by atoms with E-state index in [9.17, 15) is 13.2 Å². The van der Waals surface area contributed by atoms with E-state index in [1.165, 1.54) is 9.18 Å². The van der Waals surface area contributed by atoms with E-state index in [0.717, 1.165) is 19.4 Å². The van der Waals surface area contributed by atoms with E-state index in [1.807, 2.05) is 17.0 Å². The van der Waals surface area contributed by atoms with Crippen LogP contribution in [0.1, 0.15) is 36.6 Å². The third-order valence-corrected chi connectivity index (χ3v) is 8.48. The predicted molar refractivity (Wildman–Crippen MR) is 106 cm³/mol. The van der Waals surface area contributed by atoms with Gasteiger partial charge in [0.25, 0.3) is 0 Å². The molecule has 1 aromatic heterocycles. The van der Waals surface area contributed by atoms with E-state index in [-0.39, 0.29) is 17.9 Å². The zero-order valence-corrected chi connectivity index (χ0v) is 16.8. The van der Waals surface area contributed by atoms with E-state index in [2.05, 4.69) is 11.4 Å². The van der Waals surface area contributed by atoms with Crippen molar-refractivity contribution in [3.8, 4) is 0 Å². The van der Waals surface area contributed by atoms with Gasteiger partial charge in [0.1, 0.15) is 0 Å². The molecule has 2 aliphatic heterocycles. The monoisotopic (exact) mass is 404 g/mol. The minimum absolute atomic E-state index is 0.0761. The van der Waals surface area contributed by atoms with Crippen LogP contribution in [-0.2, 0) is 14.8 Å². The Morgan fingerprint density at radius 2 is 1.70 bits per heavy atom. The van der Waals surface area contributed by atoms with Crippen LogP contribution in [0.5, 0.6) is 0 Å². The highest BCUT2D eigenvalue weighted by Crippen LogP contribution is 2.37. The van der Waals surface area contributed by atoms with E-state index in [1.54, 1.807) is 35.6 Å². The van der Waals surface area contributed by atoms with Gasteiger partial charge in [-0.1, -0.05) is 24.3 Å². The lowest BCUT2D eigenvalue weighted by molar-refractivity contribution is -0.137. The molecule has 3 heterocycles. The SMILES string of the molecule is O=C(C1CCN(S(=O)(=O)c2ccccc2)CC1)N1CCC[C@@H]1c1cccs1. The van der Waals surface area contributed by atoms with Crippen molar-refractivity contribution < 1.29 is 13.2 Å². The first-order valence-corrected chi connectivity index (χ1v) is 11.8. The second-order valence-electron chi connectivity index (χ2n) is 7.20. The lowest BCUT2D eigenvalue weighted by Crippen LogP contribution is -2.44. The summed E-state index contributed by atoms with van der Waals surface area (Å²) in [6.45, 7) is 1.63. The van der Waals surface area contributed by atoms with Gasteiger partial charge in [-0.3, -0.25) is 4.79 Å². The molecule has 0 radical (unpaired) electrons. The second-order valence-corrected chi connectivity index (χ2v) is 10.1. The van der Waals surface area contributed by atoms with Crippen LogP contribution < -0.4 is 0 Å². The van der Waals surface area contributed by atoms with Gasteiger partial charge >= 0.3 is 0 Å². The molecule has 2 aromatic rings. The summed E-state index contributed by atoms with van der Waals surface area (Å²) in [7, 11) is -3.47. The molecule has 0 unspecified atom stereocenters. The van der Waals surface area contributed by atoms with Crippen LogP contribution in [0.3, 0.4) is 0 Å². The van der Waals surface area contributed by atoms with Gasteiger partial charge in [-0.2, -0.15) is 4.31 Å². The number of nitrogens with zero attached hydrogens (tertiary/aromatic N) is 2. The molecule has 1 atom stereocenters. The molecule has 0 spiro atoms. The summed E-state index contributed by atoms with van der Waals surface area (Å²) in [6, 6.07) is 12.9. The van der Waals surface area contributed by atoms with Crippen LogP contribution in [0.25, 0.3) is 0 Å². The maximum Gasteiger partial charge on any atom is 0.243 e. The number of hydrogen-bond acceptors (Lipinski definition) is 4. The lowest BCUT2D eigenvalue weighted by Gasteiger charge is -2.34. The topological polar surface area (TPSA) is 57.7 Å². The van der Waals surface area contributed by atoms with Crippen LogP contribution in [0.15, 0.2) is 52.7 Å². The van der Waals surface area contributed by atoms with Gasteiger partial charge in [-0.25, -0.2) is 8.42 Å². The highest BCUT2D eigenvalue weighted by molar-refractivity contribution is 7.89. The first-order chi connectivity index (χ1) is 13.1. The van der Waals surface area contributed by atoms with E-state index >= 15 is 0 Å². The van der Waals surface area contributed by atoms with Crippen LogP contribution in [0, 0.1) is 5.92 Å². The van der Waals surface area contributed by atoms with Gasteiger partial charge < -0.3 is 4.90 Å². The van der Waals surface area contributed by atoms with Crippen molar-refractivity contribution in [1.82, 2.24) is 9.21 Å². The van der Waals surface area contributed by atoms with Crippen LogP contribution in [0.4, 0.5) is 0 Å². The summed E-state index contributed by atoms with van der Waals surface area (Å²) in [5.41, 5.74) is 0. The number of benzene rings is 1. The number of likely N-dealkylation sites (tertiary alicyclic amines) is 1. The molecule has 144 valence electrons. The van der Waals surface area contributed by atoms with Gasteiger partial charge in [0.2, 0.25) is 15.9 Å². The lowest BCUT2D eigenvalue weighted by atomic mass is 9.96.